The first-order valence-corrected chi connectivity index (χ1v) is 8.72. The summed E-state index contributed by atoms with van der Waals surface area (Å²) >= 11 is 0. The van der Waals surface area contributed by atoms with Crippen molar-refractivity contribution >= 4 is 5.97 Å². The number of allylic oxidation sites excluding steroid dienone is 1. The van der Waals surface area contributed by atoms with Crippen molar-refractivity contribution in [2.24, 2.45) is 5.92 Å². The van der Waals surface area contributed by atoms with Crippen LogP contribution in [0.25, 0.3) is 11.1 Å². The highest BCUT2D eigenvalue weighted by atomic mass is 16.4. The van der Waals surface area contributed by atoms with E-state index in [1.807, 2.05) is 12.1 Å². The van der Waals surface area contributed by atoms with Crippen molar-refractivity contribution in [2.75, 3.05) is 0 Å². The third-order valence-electron chi connectivity index (χ3n) is 5.19. The molecule has 0 unspecified atom stereocenters. The molecule has 1 N–H and O–H groups in total. The molecule has 0 aliphatic heterocycles. The summed E-state index contributed by atoms with van der Waals surface area (Å²) in [4.78, 5) is 10.9. The lowest BCUT2D eigenvalue weighted by molar-refractivity contribution is 0.0697. The number of carboxylic acids is 1. The second-order valence-corrected chi connectivity index (χ2v) is 6.75. The average Bonchev–Trinajstić information content (AvgIpc) is 2.63. The van der Waals surface area contributed by atoms with E-state index in [9.17, 15) is 4.79 Å². The normalized spacial score (nSPS) is 20.5. The number of carboxylic acid groups (broad SMARTS) is 1. The molecule has 2 nitrogen and oxygen atoms in total. The second-order valence-electron chi connectivity index (χ2n) is 6.75. The Morgan fingerprint density at radius 2 is 1.50 bits per heavy atom. The van der Waals surface area contributed by atoms with Crippen LogP contribution in [-0.2, 0) is 0 Å². The average molecular weight is 320 g/mol. The zero-order valence-corrected chi connectivity index (χ0v) is 13.9. The van der Waals surface area contributed by atoms with Crippen LogP contribution < -0.4 is 0 Å². The van der Waals surface area contributed by atoms with Gasteiger partial charge in [-0.1, -0.05) is 42.5 Å². The molecular weight excluding hydrogens is 296 g/mol. The van der Waals surface area contributed by atoms with E-state index in [1.54, 1.807) is 12.1 Å². The van der Waals surface area contributed by atoms with Gasteiger partial charge in [0.2, 0.25) is 0 Å². The third-order valence-corrected chi connectivity index (χ3v) is 5.19. The number of rotatable bonds is 5. The molecule has 124 valence electrons. The Hall–Kier alpha value is -2.35. The van der Waals surface area contributed by atoms with Crippen molar-refractivity contribution in [2.45, 2.75) is 38.0 Å². The van der Waals surface area contributed by atoms with Gasteiger partial charge in [-0.25, -0.2) is 4.79 Å². The molecule has 1 saturated carbocycles. The first-order valence-electron chi connectivity index (χ1n) is 8.72. The van der Waals surface area contributed by atoms with Gasteiger partial charge in [-0.3, -0.25) is 0 Å². The fraction of sp³-hybridized carbons (Fsp3) is 0.318. The molecule has 1 aliphatic carbocycles. The van der Waals surface area contributed by atoms with Crippen LogP contribution in [-0.4, -0.2) is 11.1 Å². The van der Waals surface area contributed by atoms with E-state index in [1.165, 1.54) is 31.2 Å². The van der Waals surface area contributed by atoms with Crippen LogP contribution in [0.1, 0.15) is 53.9 Å². The highest BCUT2D eigenvalue weighted by molar-refractivity contribution is 5.88. The van der Waals surface area contributed by atoms with Crippen LogP contribution in [0.3, 0.4) is 0 Å². The molecule has 0 saturated heterocycles. The van der Waals surface area contributed by atoms with Gasteiger partial charge in [0.1, 0.15) is 0 Å². The molecule has 3 rings (SSSR count). The Balaban J connectivity index is 1.67. The smallest absolute Gasteiger partial charge is 0.335 e. The molecule has 0 amide bonds. The SMILES string of the molecule is C=CC[C@H]1CC[C@H](c2ccc(-c3ccc(C(=O)O)cc3)cc2)CC1. The zero-order valence-electron chi connectivity index (χ0n) is 13.9. The van der Waals surface area contributed by atoms with Gasteiger partial charge in [0.15, 0.2) is 0 Å². The molecule has 0 heterocycles. The largest absolute Gasteiger partial charge is 0.478 e. The summed E-state index contributed by atoms with van der Waals surface area (Å²) < 4.78 is 0. The van der Waals surface area contributed by atoms with E-state index >= 15 is 0 Å². The lowest BCUT2D eigenvalue weighted by atomic mass is 9.77. The minimum Gasteiger partial charge on any atom is -0.478 e. The van der Waals surface area contributed by atoms with E-state index in [0.29, 0.717) is 11.5 Å². The molecule has 0 aromatic heterocycles. The van der Waals surface area contributed by atoms with Gasteiger partial charge in [-0.15, -0.1) is 6.58 Å². The third kappa shape index (κ3) is 3.76. The highest BCUT2D eigenvalue weighted by Crippen LogP contribution is 2.37. The summed E-state index contributed by atoms with van der Waals surface area (Å²) in [5, 5.41) is 8.97. The lowest BCUT2D eigenvalue weighted by Gasteiger charge is -2.28. The molecule has 0 radical (unpaired) electrons. The van der Waals surface area contributed by atoms with Crippen molar-refractivity contribution in [3.05, 3.63) is 72.3 Å². The topological polar surface area (TPSA) is 37.3 Å². The second kappa shape index (κ2) is 7.48. The Kier molecular flexibility index (Phi) is 5.14. The summed E-state index contributed by atoms with van der Waals surface area (Å²) in [6, 6.07) is 15.8. The van der Waals surface area contributed by atoms with Crippen LogP contribution >= 0.6 is 0 Å². The van der Waals surface area contributed by atoms with Crippen molar-refractivity contribution < 1.29 is 9.90 Å². The van der Waals surface area contributed by atoms with Gasteiger partial charge < -0.3 is 5.11 Å². The first kappa shape index (κ1) is 16.5. The van der Waals surface area contributed by atoms with Crippen molar-refractivity contribution in [3.8, 4) is 11.1 Å². The molecule has 1 fully saturated rings. The maximum absolute atomic E-state index is 10.9. The van der Waals surface area contributed by atoms with Gasteiger partial charge in [-0.2, -0.15) is 0 Å². The van der Waals surface area contributed by atoms with Gasteiger partial charge in [0.05, 0.1) is 5.56 Å². The van der Waals surface area contributed by atoms with E-state index in [0.717, 1.165) is 23.5 Å². The predicted molar refractivity (Wildman–Crippen MR) is 98.4 cm³/mol. The van der Waals surface area contributed by atoms with Crippen LogP contribution in [0.15, 0.2) is 61.2 Å². The Labute approximate surface area is 143 Å². The zero-order chi connectivity index (χ0) is 16.9. The van der Waals surface area contributed by atoms with Crippen molar-refractivity contribution in [1.82, 2.24) is 0 Å². The molecular formula is C22H24O2. The van der Waals surface area contributed by atoms with Crippen LogP contribution in [0, 0.1) is 5.92 Å². The fourth-order valence-electron chi connectivity index (χ4n) is 3.72. The Morgan fingerprint density at radius 1 is 0.958 bits per heavy atom. The summed E-state index contributed by atoms with van der Waals surface area (Å²) in [7, 11) is 0. The van der Waals surface area contributed by atoms with Gasteiger partial charge in [0, 0.05) is 0 Å². The van der Waals surface area contributed by atoms with E-state index in [2.05, 4.69) is 36.9 Å². The Morgan fingerprint density at radius 3 is 2.00 bits per heavy atom. The monoisotopic (exact) mass is 320 g/mol. The van der Waals surface area contributed by atoms with Crippen LogP contribution in [0.2, 0.25) is 0 Å². The number of hydrogen-bond acceptors (Lipinski definition) is 1. The van der Waals surface area contributed by atoms with Gasteiger partial charge >= 0.3 is 5.97 Å². The molecule has 2 heteroatoms. The standard InChI is InChI=1S/C22H24O2/c1-2-3-16-4-6-17(7-5-16)18-8-10-19(11-9-18)20-12-14-21(15-13-20)22(23)24/h2,8-17H,1,3-7H2,(H,23,24)/t16-,17-. The summed E-state index contributed by atoms with van der Waals surface area (Å²) in [6.45, 7) is 3.85. The van der Waals surface area contributed by atoms with Gasteiger partial charge in [0.25, 0.3) is 0 Å². The number of hydrogen-bond donors (Lipinski definition) is 1. The quantitative estimate of drug-likeness (QED) is 0.696. The predicted octanol–water partition coefficient (Wildman–Crippen LogP) is 5.90. The lowest BCUT2D eigenvalue weighted by Crippen LogP contribution is -2.12. The number of benzene rings is 2. The Bertz CT molecular complexity index is 690. The molecule has 2 aromatic rings. The van der Waals surface area contributed by atoms with E-state index in [4.69, 9.17) is 5.11 Å². The summed E-state index contributed by atoms with van der Waals surface area (Å²) in [6.07, 6.45) is 8.34. The summed E-state index contributed by atoms with van der Waals surface area (Å²) in [5.74, 6) is 0.615. The van der Waals surface area contributed by atoms with Crippen LogP contribution in [0.4, 0.5) is 0 Å². The van der Waals surface area contributed by atoms with Gasteiger partial charge in [-0.05, 0) is 72.8 Å². The number of carbonyl (C=O) groups is 1. The molecule has 1 aliphatic rings. The van der Waals surface area contributed by atoms with E-state index < -0.39 is 5.97 Å². The number of aromatic carboxylic acids is 1. The van der Waals surface area contributed by atoms with Crippen LogP contribution in [0.5, 0.6) is 0 Å². The fourth-order valence-corrected chi connectivity index (χ4v) is 3.72. The molecule has 0 spiro atoms. The molecule has 0 bridgehead atoms. The first-order chi connectivity index (χ1) is 11.7. The minimum absolute atomic E-state index is 0.326. The highest BCUT2D eigenvalue weighted by Gasteiger charge is 2.21. The van der Waals surface area contributed by atoms with Crippen molar-refractivity contribution in [3.63, 3.8) is 0 Å². The van der Waals surface area contributed by atoms with Crippen molar-refractivity contribution in [1.29, 1.82) is 0 Å². The maximum Gasteiger partial charge on any atom is 0.335 e. The summed E-state index contributed by atoms with van der Waals surface area (Å²) in [5.41, 5.74) is 3.95. The molecule has 24 heavy (non-hydrogen) atoms. The minimum atomic E-state index is -0.885. The van der Waals surface area contributed by atoms with E-state index in [-0.39, 0.29) is 0 Å². The maximum atomic E-state index is 10.9. The molecule has 2 aromatic carbocycles. The molecule has 0 atom stereocenters.